The molecule has 0 aliphatic rings. The van der Waals surface area contributed by atoms with Crippen LogP contribution in [0.1, 0.15) is 28.2 Å². The van der Waals surface area contributed by atoms with Crippen molar-refractivity contribution in [2.75, 3.05) is 20.3 Å². The Labute approximate surface area is 141 Å². The molecule has 2 aromatic rings. The second-order valence-electron chi connectivity index (χ2n) is 5.75. The number of hydrogen-bond acceptors (Lipinski definition) is 3. The maximum Gasteiger partial charge on any atom is 0.253 e. The van der Waals surface area contributed by atoms with Crippen LogP contribution in [0.25, 0.3) is 5.69 Å². The number of amides is 1. The zero-order valence-corrected chi connectivity index (χ0v) is 14.2. The summed E-state index contributed by atoms with van der Waals surface area (Å²) in [5.74, 6) is -0.491. The highest BCUT2D eigenvalue weighted by molar-refractivity contribution is 5.95. The Bertz CT molecular complexity index is 695. The van der Waals surface area contributed by atoms with Crippen LogP contribution in [0.15, 0.2) is 30.3 Å². The van der Waals surface area contributed by atoms with Gasteiger partial charge in [-0.2, -0.15) is 0 Å². The summed E-state index contributed by atoms with van der Waals surface area (Å²) < 4.78 is 19.9. The Morgan fingerprint density at radius 3 is 2.62 bits per heavy atom. The molecule has 2 rings (SSSR count). The molecule has 0 saturated carbocycles. The number of carbonyl (C=O) groups is 1. The molecule has 6 heteroatoms. The summed E-state index contributed by atoms with van der Waals surface area (Å²) in [4.78, 5) is 12.4. The predicted molar refractivity (Wildman–Crippen MR) is 90.0 cm³/mol. The van der Waals surface area contributed by atoms with Crippen molar-refractivity contribution in [3.8, 4) is 5.69 Å². The highest BCUT2D eigenvalue weighted by Crippen LogP contribution is 2.21. The van der Waals surface area contributed by atoms with E-state index in [2.05, 4.69) is 5.32 Å². The molecule has 0 radical (unpaired) electrons. The third-order valence-electron chi connectivity index (χ3n) is 3.88. The Morgan fingerprint density at radius 2 is 2.00 bits per heavy atom. The van der Waals surface area contributed by atoms with Crippen LogP contribution < -0.4 is 5.32 Å². The third-order valence-corrected chi connectivity index (χ3v) is 3.88. The van der Waals surface area contributed by atoms with Gasteiger partial charge in [0.1, 0.15) is 5.82 Å². The molecule has 0 aliphatic carbocycles. The second kappa shape index (κ2) is 8.08. The number of aryl methyl sites for hydroxylation is 1. The molecular weight excluding hydrogens is 311 g/mol. The van der Waals surface area contributed by atoms with Crippen LogP contribution in [0.2, 0.25) is 0 Å². The fraction of sp³-hybridized carbons (Fsp3) is 0.389. The topological polar surface area (TPSA) is 63.5 Å². The summed E-state index contributed by atoms with van der Waals surface area (Å²) >= 11 is 0. The van der Waals surface area contributed by atoms with E-state index in [0.717, 1.165) is 17.1 Å². The van der Waals surface area contributed by atoms with E-state index in [1.165, 1.54) is 19.2 Å². The average Bonchev–Trinajstić information content (AvgIpc) is 2.83. The number of hydrogen-bond donors (Lipinski definition) is 2. The van der Waals surface area contributed by atoms with Gasteiger partial charge in [0.05, 0.1) is 18.3 Å². The van der Waals surface area contributed by atoms with E-state index in [-0.39, 0.29) is 18.3 Å². The van der Waals surface area contributed by atoms with Crippen LogP contribution in [0.5, 0.6) is 0 Å². The minimum atomic E-state index is -0.595. The summed E-state index contributed by atoms with van der Waals surface area (Å²) in [5, 5.41) is 12.4. The van der Waals surface area contributed by atoms with Gasteiger partial charge in [-0.15, -0.1) is 0 Å². The average molecular weight is 334 g/mol. The van der Waals surface area contributed by atoms with Gasteiger partial charge in [0.25, 0.3) is 5.91 Å². The maximum absolute atomic E-state index is 13.1. The van der Waals surface area contributed by atoms with Gasteiger partial charge in [-0.05, 0) is 50.6 Å². The molecule has 1 atom stereocenters. The van der Waals surface area contributed by atoms with Crippen LogP contribution in [-0.4, -0.2) is 41.9 Å². The first-order valence-corrected chi connectivity index (χ1v) is 7.84. The van der Waals surface area contributed by atoms with Gasteiger partial charge in [-0.25, -0.2) is 4.39 Å². The van der Waals surface area contributed by atoms with E-state index < -0.39 is 6.10 Å². The van der Waals surface area contributed by atoms with E-state index in [1.54, 1.807) is 18.2 Å². The molecule has 1 unspecified atom stereocenters. The van der Waals surface area contributed by atoms with Gasteiger partial charge in [0, 0.05) is 30.7 Å². The lowest BCUT2D eigenvalue weighted by atomic mass is 10.2. The summed E-state index contributed by atoms with van der Waals surface area (Å²) in [5.41, 5.74) is 3.05. The van der Waals surface area contributed by atoms with Crippen LogP contribution in [0, 0.1) is 19.7 Å². The van der Waals surface area contributed by atoms with E-state index >= 15 is 0 Å². The van der Waals surface area contributed by atoms with Gasteiger partial charge in [0.2, 0.25) is 0 Å². The quantitative estimate of drug-likeness (QED) is 0.817. The monoisotopic (exact) mass is 334 g/mol. The van der Waals surface area contributed by atoms with Crippen molar-refractivity contribution < 1.29 is 19.0 Å². The Kier molecular flexibility index (Phi) is 6.11. The summed E-state index contributed by atoms with van der Waals surface area (Å²) in [6.45, 7) is 4.36. The predicted octanol–water partition coefficient (Wildman–Crippen LogP) is 2.36. The maximum atomic E-state index is 13.1. The summed E-state index contributed by atoms with van der Waals surface area (Å²) in [6, 6.07) is 7.95. The molecule has 0 bridgehead atoms. The largest absolute Gasteiger partial charge is 0.391 e. The molecule has 2 N–H and O–H groups in total. The second-order valence-corrected chi connectivity index (χ2v) is 5.75. The molecule has 0 aliphatic heterocycles. The summed E-state index contributed by atoms with van der Waals surface area (Å²) in [6.07, 6.45) is -0.169. The zero-order valence-electron chi connectivity index (χ0n) is 14.2. The van der Waals surface area contributed by atoms with Crippen molar-refractivity contribution in [1.82, 2.24) is 9.88 Å². The van der Waals surface area contributed by atoms with E-state index in [9.17, 15) is 14.3 Å². The van der Waals surface area contributed by atoms with Crippen LogP contribution >= 0.6 is 0 Å². The highest BCUT2D eigenvalue weighted by atomic mass is 19.1. The van der Waals surface area contributed by atoms with Gasteiger partial charge in [-0.3, -0.25) is 4.79 Å². The van der Waals surface area contributed by atoms with E-state index in [4.69, 9.17) is 4.74 Å². The van der Waals surface area contributed by atoms with Crippen LogP contribution in [-0.2, 0) is 4.74 Å². The van der Waals surface area contributed by atoms with Crippen molar-refractivity contribution >= 4 is 5.91 Å². The number of nitrogens with one attached hydrogen (secondary N) is 1. The first-order chi connectivity index (χ1) is 11.4. The smallest absolute Gasteiger partial charge is 0.253 e. The van der Waals surface area contributed by atoms with Crippen molar-refractivity contribution in [3.05, 3.63) is 53.1 Å². The Morgan fingerprint density at radius 1 is 1.33 bits per heavy atom. The van der Waals surface area contributed by atoms with E-state index in [0.29, 0.717) is 18.5 Å². The SMILES string of the molecule is COCC(O)CCNC(=O)c1cc(C)n(-c2ccc(F)cc2)c1C. The van der Waals surface area contributed by atoms with Gasteiger partial charge in [0.15, 0.2) is 0 Å². The fourth-order valence-electron chi connectivity index (χ4n) is 2.70. The molecule has 0 fully saturated rings. The van der Waals surface area contributed by atoms with Crippen molar-refractivity contribution in [3.63, 3.8) is 0 Å². The van der Waals surface area contributed by atoms with Crippen LogP contribution in [0.3, 0.4) is 0 Å². The number of aliphatic hydroxyl groups excluding tert-OH is 1. The lowest BCUT2D eigenvalue weighted by Gasteiger charge is -2.11. The van der Waals surface area contributed by atoms with Gasteiger partial charge < -0.3 is 19.7 Å². The number of aromatic nitrogens is 1. The molecular formula is C18H23FN2O3. The van der Waals surface area contributed by atoms with Gasteiger partial charge in [-0.1, -0.05) is 0 Å². The molecule has 1 amide bonds. The number of carbonyl (C=O) groups excluding carboxylic acids is 1. The fourth-order valence-corrected chi connectivity index (χ4v) is 2.70. The molecule has 1 heterocycles. The highest BCUT2D eigenvalue weighted by Gasteiger charge is 2.16. The molecule has 130 valence electrons. The zero-order chi connectivity index (χ0) is 17.7. The van der Waals surface area contributed by atoms with Crippen molar-refractivity contribution in [1.29, 1.82) is 0 Å². The first kappa shape index (κ1) is 18.2. The van der Waals surface area contributed by atoms with Crippen LogP contribution in [0.4, 0.5) is 4.39 Å². The minimum absolute atomic E-state index is 0.193. The number of halogens is 1. The minimum Gasteiger partial charge on any atom is -0.391 e. The molecule has 24 heavy (non-hydrogen) atoms. The third kappa shape index (κ3) is 4.21. The molecule has 0 saturated heterocycles. The number of aliphatic hydroxyl groups is 1. The molecule has 1 aromatic carbocycles. The lowest BCUT2D eigenvalue weighted by Crippen LogP contribution is -2.28. The Hall–Kier alpha value is -2.18. The number of benzene rings is 1. The molecule has 0 spiro atoms. The van der Waals surface area contributed by atoms with Crippen molar-refractivity contribution in [2.45, 2.75) is 26.4 Å². The van der Waals surface area contributed by atoms with Gasteiger partial charge >= 0.3 is 0 Å². The van der Waals surface area contributed by atoms with Crippen molar-refractivity contribution in [2.24, 2.45) is 0 Å². The molecule has 1 aromatic heterocycles. The normalized spacial score (nSPS) is 12.2. The standard InChI is InChI=1S/C18H23FN2O3/c1-12-10-17(18(23)20-9-8-16(22)11-24-3)13(2)21(12)15-6-4-14(19)5-7-15/h4-7,10,16,22H,8-9,11H2,1-3H3,(H,20,23). The number of ether oxygens (including phenoxy) is 1. The first-order valence-electron chi connectivity index (χ1n) is 7.84. The lowest BCUT2D eigenvalue weighted by molar-refractivity contribution is 0.0587. The Balaban J connectivity index is 2.10. The summed E-state index contributed by atoms with van der Waals surface area (Å²) in [7, 11) is 1.52. The number of nitrogens with zero attached hydrogens (tertiary/aromatic N) is 1. The van der Waals surface area contributed by atoms with E-state index in [1.807, 2.05) is 18.4 Å². The number of methoxy groups -OCH3 is 1. The molecule has 5 nitrogen and oxygen atoms in total. The number of rotatable bonds is 7.